The van der Waals surface area contributed by atoms with Crippen molar-refractivity contribution in [2.75, 3.05) is 20.1 Å². The maximum absolute atomic E-state index is 3.53. The molecule has 0 aromatic heterocycles. The molecule has 0 aliphatic heterocycles. The van der Waals surface area contributed by atoms with Gasteiger partial charge in [-0.05, 0) is 49.4 Å². The molecule has 1 aliphatic carbocycles. The first-order valence-corrected chi connectivity index (χ1v) is 8.60. The van der Waals surface area contributed by atoms with E-state index in [1.54, 1.807) is 0 Å². The molecule has 118 valence electrons. The highest BCUT2D eigenvalue weighted by Crippen LogP contribution is 2.25. The standard InChI is InChI=1S/C19H32N2/c1-16(2)12-20-13-18-9-6-10-19(11-18)15-21(3)14-17-7-4-5-8-17/h6,9-11,16-17,20H,4-5,7-8,12-15H2,1-3H3. The van der Waals surface area contributed by atoms with Gasteiger partial charge in [0.2, 0.25) is 0 Å². The van der Waals surface area contributed by atoms with Crippen molar-refractivity contribution in [2.24, 2.45) is 11.8 Å². The van der Waals surface area contributed by atoms with Crippen molar-refractivity contribution < 1.29 is 0 Å². The van der Waals surface area contributed by atoms with Crippen LogP contribution in [0.4, 0.5) is 0 Å². The molecule has 0 atom stereocenters. The summed E-state index contributed by atoms with van der Waals surface area (Å²) in [5, 5.41) is 3.53. The van der Waals surface area contributed by atoms with Gasteiger partial charge in [-0.3, -0.25) is 0 Å². The lowest BCUT2D eigenvalue weighted by Crippen LogP contribution is -2.24. The van der Waals surface area contributed by atoms with Crippen LogP contribution in [0.25, 0.3) is 0 Å². The number of nitrogens with one attached hydrogen (secondary N) is 1. The fourth-order valence-electron chi connectivity index (χ4n) is 3.35. The van der Waals surface area contributed by atoms with Crippen molar-refractivity contribution >= 4 is 0 Å². The summed E-state index contributed by atoms with van der Waals surface area (Å²) in [5.74, 6) is 1.65. The van der Waals surface area contributed by atoms with Gasteiger partial charge in [-0.1, -0.05) is 51.0 Å². The van der Waals surface area contributed by atoms with E-state index in [1.165, 1.54) is 43.4 Å². The molecule has 0 spiro atoms. The smallest absolute Gasteiger partial charge is 0.0230 e. The average Bonchev–Trinajstić information content (AvgIpc) is 2.91. The minimum absolute atomic E-state index is 0.714. The molecule has 2 rings (SSSR count). The third kappa shape index (κ3) is 6.19. The van der Waals surface area contributed by atoms with Crippen molar-refractivity contribution in [1.82, 2.24) is 10.2 Å². The molecule has 0 radical (unpaired) electrons. The highest BCUT2D eigenvalue weighted by Gasteiger charge is 2.16. The van der Waals surface area contributed by atoms with Crippen LogP contribution in [0.5, 0.6) is 0 Å². The second-order valence-corrected chi connectivity index (χ2v) is 7.19. The van der Waals surface area contributed by atoms with Gasteiger partial charge in [-0.2, -0.15) is 0 Å². The van der Waals surface area contributed by atoms with Crippen molar-refractivity contribution in [3.63, 3.8) is 0 Å². The van der Waals surface area contributed by atoms with Gasteiger partial charge in [-0.25, -0.2) is 0 Å². The summed E-state index contributed by atoms with van der Waals surface area (Å²) in [6.07, 6.45) is 5.75. The number of benzene rings is 1. The van der Waals surface area contributed by atoms with Crippen LogP contribution in [0.3, 0.4) is 0 Å². The summed E-state index contributed by atoms with van der Waals surface area (Å²) in [4.78, 5) is 2.50. The zero-order valence-corrected chi connectivity index (χ0v) is 14.1. The predicted molar refractivity (Wildman–Crippen MR) is 91.3 cm³/mol. The Balaban J connectivity index is 1.79. The molecule has 21 heavy (non-hydrogen) atoms. The zero-order valence-electron chi connectivity index (χ0n) is 14.1. The van der Waals surface area contributed by atoms with Gasteiger partial charge < -0.3 is 10.2 Å². The quantitative estimate of drug-likeness (QED) is 0.776. The van der Waals surface area contributed by atoms with Gasteiger partial charge in [0.05, 0.1) is 0 Å². The molecule has 0 amide bonds. The Hall–Kier alpha value is -0.860. The van der Waals surface area contributed by atoms with Crippen LogP contribution in [0.1, 0.15) is 50.7 Å². The largest absolute Gasteiger partial charge is 0.312 e. The Morgan fingerprint density at radius 2 is 1.90 bits per heavy atom. The number of nitrogens with zero attached hydrogens (tertiary/aromatic N) is 1. The van der Waals surface area contributed by atoms with Crippen LogP contribution in [0, 0.1) is 11.8 Å². The molecule has 1 aromatic rings. The Morgan fingerprint density at radius 1 is 1.19 bits per heavy atom. The van der Waals surface area contributed by atoms with E-state index < -0.39 is 0 Å². The van der Waals surface area contributed by atoms with E-state index in [4.69, 9.17) is 0 Å². The molecule has 2 heteroatoms. The van der Waals surface area contributed by atoms with Gasteiger partial charge in [0, 0.05) is 19.6 Å². The maximum atomic E-state index is 3.53. The lowest BCUT2D eigenvalue weighted by Gasteiger charge is -2.21. The Morgan fingerprint density at radius 3 is 2.62 bits per heavy atom. The number of rotatable bonds is 8. The molecule has 1 aromatic carbocycles. The molecule has 1 saturated carbocycles. The molecule has 1 fully saturated rings. The molecule has 2 nitrogen and oxygen atoms in total. The normalized spacial score (nSPS) is 16.2. The first-order chi connectivity index (χ1) is 10.1. The third-order valence-corrected chi connectivity index (χ3v) is 4.37. The summed E-state index contributed by atoms with van der Waals surface area (Å²) >= 11 is 0. The van der Waals surface area contributed by atoms with E-state index in [9.17, 15) is 0 Å². The lowest BCUT2D eigenvalue weighted by atomic mass is 10.1. The van der Waals surface area contributed by atoms with Crippen LogP contribution in [0.15, 0.2) is 24.3 Å². The SMILES string of the molecule is CC(C)CNCc1cccc(CN(C)CC2CCCC2)c1. The first-order valence-electron chi connectivity index (χ1n) is 8.60. The molecular weight excluding hydrogens is 256 g/mol. The molecular formula is C19H32N2. The fourth-order valence-corrected chi connectivity index (χ4v) is 3.35. The van der Waals surface area contributed by atoms with Gasteiger partial charge in [0.1, 0.15) is 0 Å². The maximum Gasteiger partial charge on any atom is 0.0230 e. The van der Waals surface area contributed by atoms with Crippen LogP contribution in [-0.4, -0.2) is 25.0 Å². The third-order valence-electron chi connectivity index (χ3n) is 4.37. The van der Waals surface area contributed by atoms with Gasteiger partial charge in [0.15, 0.2) is 0 Å². The highest BCUT2D eigenvalue weighted by atomic mass is 15.1. The van der Waals surface area contributed by atoms with E-state index in [2.05, 4.69) is 55.4 Å². The van der Waals surface area contributed by atoms with E-state index in [0.29, 0.717) is 5.92 Å². The van der Waals surface area contributed by atoms with Crippen LogP contribution >= 0.6 is 0 Å². The van der Waals surface area contributed by atoms with Crippen molar-refractivity contribution in [2.45, 2.75) is 52.6 Å². The van der Waals surface area contributed by atoms with E-state index in [0.717, 1.165) is 25.6 Å². The number of hydrogen-bond donors (Lipinski definition) is 1. The zero-order chi connectivity index (χ0) is 15.1. The monoisotopic (exact) mass is 288 g/mol. The minimum atomic E-state index is 0.714. The molecule has 1 N–H and O–H groups in total. The first kappa shape index (κ1) is 16.5. The summed E-state index contributed by atoms with van der Waals surface area (Å²) in [6, 6.07) is 9.05. The summed E-state index contributed by atoms with van der Waals surface area (Å²) in [7, 11) is 2.27. The Bertz CT molecular complexity index is 408. The van der Waals surface area contributed by atoms with Crippen LogP contribution < -0.4 is 5.32 Å². The summed E-state index contributed by atoms with van der Waals surface area (Å²) < 4.78 is 0. The Kier molecular flexibility index (Phi) is 6.72. The van der Waals surface area contributed by atoms with Gasteiger partial charge >= 0.3 is 0 Å². The number of hydrogen-bond acceptors (Lipinski definition) is 2. The van der Waals surface area contributed by atoms with Crippen LogP contribution in [-0.2, 0) is 13.1 Å². The highest BCUT2D eigenvalue weighted by molar-refractivity contribution is 5.23. The lowest BCUT2D eigenvalue weighted by molar-refractivity contribution is 0.271. The molecule has 0 saturated heterocycles. The van der Waals surface area contributed by atoms with Crippen LogP contribution in [0.2, 0.25) is 0 Å². The van der Waals surface area contributed by atoms with Crippen molar-refractivity contribution in [1.29, 1.82) is 0 Å². The molecule has 1 aliphatic rings. The van der Waals surface area contributed by atoms with Crippen molar-refractivity contribution in [3.05, 3.63) is 35.4 Å². The summed E-state index contributed by atoms with van der Waals surface area (Å²) in [6.45, 7) is 8.91. The Labute approximate surface area is 130 Å². The fraction of sp³-hybridized carbons (Fsp3) is 0.684. The van der Waals surface area contributed by atoms with Gasteiger partial charge in [-0.15, -0.1) is 0 Å². The molecule has 0 heterocycles. The molecule has 0 bridgehead atoms. The predicted octanol–water partition coefficient (Wildman–Crippen LogP) is 4.05. The topological polar surface area (TPSA) is 15.3 Å². The average molecular weight is 288 g/mol. The second-order valence-electron chi connectivity index (χ2n) is 7.19. The van der Waals surface area contributed by atoms with Gasteiger partial charge in [0.25, 0.3) is 0 Å². The van der Waals surface area contributed by atoms with E-state index in [-0.39, 0.29) is 0 Å². The van der Waals surface area contributed by atoms with E-state index in [1.807, 2.05) is 0 Å². The minimum Gasteiger partial charge on any atom is -0.312 e. The molecule has 0 unspecified atom stereocenters. The second kappa shape index (κ2) is 8.55. The van der Waals surface area contributed by atoms with Crippen molar-refractivity contribution in [3.8, 4) is 0 Å². The summed E-state index contributed by atoms with van der Waals surface area (Å²) in [5.41, 5.74) is 2.85. The van der Waals surface area contributed by atoms with E-state index >= 15 is 0 Å².